The fourth-order valence-corrected chi connectivity index (χ4v) is 3.12. The first-order valence-corrected chi connectivity index (χ1v) is 8.62. The van der Waals surface area contributed by atoms with Gasteiger partial charge in [-0.15, -0.1) is 0 Å². The number of nitrogens with zero attached hydrogens (tertiary/aromatic N) is 3. The first-order chi connectivity index (χ1) is 12.1. The van der Waals surface area contributed by atoms with Gasteiger partial charge in [0.15, 0.2) is 0 Å². The van der Waals surface area contributed by atoms with Crippen LogP contribution in [-0.2, 0) is 11.3 Å². The van der Waals surface area contributed by atoms with Crippen molar-refractivity contribution in [3.8, 4) is 5.75 Å². The van der Waals surface area contributed by atoms with Gasteiger partial charge in [0, 0.05) is 26.4 Å². The largest absolute Gasteiger partial charge is 0.490 e. The number of rotatable bonds is 6. The lowest BCUT2D eigenvalue weighted by atomic mass is 10.0. The molecule has 1 aromatic heterocycles. The van der Waals surface area contributed by atoms with E-state index in [4.69, 9.17) is 9.47 Å². The number of carbonyl (C=O) groups is 1. The maximum Gasteiger partial charge on any atom is 0.257 e. The Kier molecular flexibility index (Phi) is 5.08. The van der Waals surface area contributed by atoms with E-state index in [9.17, 15) is 4.79 Å². The van der Waals surface area contributed by atoms with Crippen LogP contribution in [0.3, 0.4) is 0 Å². The summed E-state index contributed by atoms with van der Waals surface area (Å²) in [6.07, 6.45) is 4.17. The van der Waals surface area contributed by atoms with Gasteiger partial charge in [-0.25, -0.2) is 0 Å². The molecule has 0 bridgehead atoms. The SMILES string of the molecule is CCn1cc(C(=O)N2CC[C@@](COc3ccccc3C)(OC)C2)cn1. The molecule has 2 heterocycles. The number of benzene rings is 1. The lowest BCUT2D eigenvalue weighted by molar-refractivity contribution is -0.0344. The molecule has 2 aromatic rings. The van der Waals surface area contributed by atoms with Crippen LogP contribution in [0.1, 0.15) is 29.3 Å². The smallest absolute Gasteiger partial charge is 0.257 e. The number of aryl methyl sites for hydroxylation is 2. The molecule has 1 fully saturated rings. The zero-order chi connectivity index (χ0) is 17.9. The number of ether oxygens (including phenoxy) is 2. The topological polar surface area (TPSA) is 56.6 Å². The lowest BCUT2D eigenvalue weighted by Gasteiger charge is -2.28. The first kappa shape index (κ1) is 17.5. The van der Waals surface area contributed by atoms with E-state index in [1.807, 2.05) is 43.0 Å². The van der Waals surface area contributed by atoms with Gasteiger partial charge in [0.2, 0.25) is 0 Å². The number of carbonyl (C=O) groups excluding carboxylic acids is 1. The zero-order valence-corrected chi connectivity index (χ0v) is 15.1. The summed E-state index contributed by atoms with van der Waals surface area (Å²) in [6.45, 7) is 6.36. The Balaban J connectivity index is 1.65. The van der Waals surface area contributed by atoms with E-state index in [1.54, 1.807) is 24.2 Å². The second-order valence-electron chi connectivity index (χ2n) is 6.50. The summed E-state index contributed by atoms with van der Waals surface area (Å²) in [4.78, 5) is 14.5. The van der Waals surface area contributed by atoms with Crippen LogP contribution < -0.4 is 4.74 Å². The minimum Gasteiger partial charge on any atom is -0.490 e. The number of hydrogen-bond acceptors (Lipinski definition) is 4. The lowest BCUT2D eigenvalue weighted by Crippen LogP contribution is -2.42. The molecule has 3 rings (SSSR count). The number of aromatic nitrogens is 2. The van der Waals surface area contributed by atoms with E-state index in [-0.39, 0.29) is 5.91 Å². The maximum atomic E-state index is 12.7. The predicted molar refractivity (Wildman–Crippen MR) is 94.8 cm³/mol. The Hall–Kier alpha value is -2.34. The van der Waals surface area contributed by atoms with Crippen LogP contribution in [-0.4, -0.2) is 53.0 Å². The van der Waals surface area contributed by atoms with Crippen molar-refractivity contribution < 1.29 is 14.3 Å². The van der Waals surface area contributed by atoms with E-state index in [0.29, 0.717) is 25.3 Å². The van der Waals surface area contributed by atoms with E-state index in [1.165, 1.54) is 0 Å². The normalized spacial score (nSPS) is 20.0. The second-order valence-corrected chi connectivity index (χ2v) is 6.50. The Labute approximate surface area is 148 Å². The predicted octanol–water partition coefficient (Wildman–Crippen LogP) is 2.52. The molecular formula is C19H25N3O3. The number of methoxy groups -OCH3 is 1. The van der Waals surface area contributed by atoms with Crippen molar-refractivity contribution in [3.63, 3.8) is 0 Å². The summed E-state index contributed by atoms with van der Waals surface area (Å²) in [5.41, 5.74) is 1.24. The van der Waals surface area contributed by atoms with Crippen LogP contribution in [0.2, 0.25) is 0 Å². The molecule has 1 aliphatic heterocycles. The van der Waals surface area contributed by atoms with E-state index < -0.39 is 5.60 Å². The van der Waals surface area contributed by atoms with Crippen LogP contribution in [0, 0.1) is 6.92 Å². The van der Waals surface area contributed by atoms with E-state index in [2.05, 4.69) is 5.10 Å². The molecular weight excluding hydrogens is 318 g/mol. The highest BCUT2D eigenvalue weighted by Crippen LogP contribution is 2.28. The van der Waals surface area contributed by atoms with Gasteiger partial charge in [0.1, 0.15) is 18.0 Å². The molecule has 0 spiro atoms. The number of amides is 1. The van der Waals surface area contributed by atoms with Crippen LogP contribution in [0.5, 0.6) is 5.75 Å². The highest BCUT2D eigenvalue weighted by molar-refractivity contribution is 5.94. The summed E-state index contributed by atoms with van der Waals surface area (Å²) in [7, 11) is 1.68. The molecule has 0 N–H and O–H groups in total. The first-order valence-electron chi connectivity index (χ1n) is 8.62. The van der Waals surface area contributed by atoms with Crippen molar-refractivity contribution >= 4 is 5.91 Å². The van der Waals surface area contributed by atoms with Crippen LogP contribution in [0.25, 0.3) is 0 Å². The third kappa shape index (κ3) is 3.69. The third-order valence-electron chi connectivity index (χ3n) is 4.83. The molecule has 0 saturated carbocycles. The Morgan fingerprint density at radius 1 is 1.36 bits per heavy atom. The fraction of sp³-hybridized carbons (Fsp3) is 0.474. The average molecular weight is 343 g/mol. The Morgan fingerprint density at radius 3 is 2.84 bits per heavy atom. The number of para-hydroxylation sites is 1. The van der Waals surface area contributed by atoms with Crippen molar-refractivity contribution in [2.75, 3.05) is 26.8 Å². The summed E-state index contributed by atoms with van der Waals surface area (Å²) >= 11 is 0. The molecule has 134 valence electrons. The molecule has 1 amide bonds. The fourth-order valence-electron chi connectivity index (χ4n) is 3.12. The third-order valence-corrected chi connectivity index (χ3v) is 4.83. The van der Waals surface area contributed by atoms with E-state index in [0.717, 1.165) is 24.3 Å². The van der Waals surface area contributed by atoms with Gasteiger partial charge < -0.3 is 14.4 Å². The molecule has 0 unspecified atom stereocenters. The van der Waals surface area contributed by atoms with Crippen LogP contribution in [0.4, 0.5) is 0 Å². The van der Waals surface area contributed by atoms with Crippen molar-refractivity contribution in [1.82, 2.24) is 14.7 Å². The molecule has 1 aliphatic rings. The molecule has 1 atom stereocenters. The highest BCUT2D eigenvalue weighted by Gasteiger charge is 2.41. The van der Waals surface area contributed by atoms with Crippen LogP contribution in [0.15, 0.2) is 36.7 Å². The molecule has 6 heteroatoms. The Morgan fingerprint density at radius 2 is 2.16 bits per heavy atom. The average Bonchev–Trinajstić information content (AvgIpc) is 3.28. The monoisotopic (exact) mass is 343 g/mol. The van der Waals surface area contributed by atoms with Crippen LogP contribution >= 0.6 is 0 Å². The van der Waals surface area contributed by atoms with Gasteiger partial charge in [-0.05, 0) is 31.9 Å². The minimum absolute atomic E-state index is 0.00508. The van der Waals surface area contributed by atoms with Gasteiger partial charge in [-0.2, -0.15) is 5.10 Å². The van der Waals surface area contributed by atoms with Crippen molar-refractivity contribution in [3.05, 3.63) is 47.8 Å². The molecule has 25 heavy (non-hydrogen) atoms. The molecule has 1 aromatic carbocycles. The Bertz CT molecular complexity index is 743. The molecule has 0 radical (unpaired) electrons. The summed E-state index contributed by atoms with van der Waals surface area (Å²) in [5.74, 6) is 0.849. The second kappa shape index (κ2) is 7.27. The highest BCUT2D eigenvalue weighted by atomic mass is 16.5. The molecule has 1 saturated heterocycles. The quantitative estimate of drug-likeness (QED) is 0.809. The maximum absolute atomic E-state index is 12.7. The van der Waals surface area contributed by atoms with Gasteiger partial charge in [0.05, 0.1) is 18.3 Å². The van der Waals surface area contributed by atoms with Crippen molar-refractivity contribution in [2.45, 2.75) is 32.4 Å². The van der Waals surface area contributed by atoms with Gasteiger partial charge in [0.25, 0.3) is 5.91 Å². The summed E-state index contributed by atoms with van der Waals surface area (Å²) < 4.78 is 13.5. The van der Waals surface area contributed by atoms with Gasteiger partial charge in [-0.1, -0.05) is 18.2 Å². The van der Waals surface area contributed by atoms with Crippen molar-refractivity contribution in [1.29, 1.82) is 0 Å². The van der Waals surface area contributed by atoms with Crippen molar-refractivity contribution in [2.24, 2.45) is 0 Å². The summed E-state index contributed by atoms with van der Waals surface area (Å²) in [6, 6.07) is 7.92. The summed E-state index contributed by atoms with van der Waals surface area (Å²) in [5, 5.41) is 4.18. The number of likely N-dealkylation sites (tertiary alicyclic amines) is 1. The molecule has 6 nitrogen and oxygen atoms in total. The van der Waals surface area contributed by atoms with E-state index >= 15 is 0 Å². The molecule has 0 aliphatic carbocycles. The standard InChI is InChI=1S/C19H25N3O3/c1-4-22-12-16(11-20-22)18(23)21-10-9-19(13-21,24-3)14-25-17-8-6-5-7-15(17)2/h5-8,11-12H,4,9-10,13-14H2,1-3H3/t19-/m1/s1. The zero-order valence-electron chi connectivity index (χ0n) is 15.1. The van der Waals surface area contributed by atoms with Gasteiger partial charge in [-0.3, -0.25) is 9.48 Å². The van der Waals surface area contributed by atoms with Gasteiger partial charge >= 0.3 is 0 Å². The number of hydrogen-bond donors (Lipinski definition) is 0. The minimum atomic E-state index is -0.474.